The second-order valence-electron chi connectivity index (χ2n) is 5.83. The van der Waals surface area contributed by atoms with Crippen molar-refractivity contribution < 1.29 is 9.59 Å². The summed E-state index contributed by atoms with van der Waals surface area (Å²) in [5.74, 6) is 0.205. The molecular weight excluding hydrogens is 302 g/mol. The van der Waals surface area contributed by atoms with Gasteiger partial charge in [0, 0.05) is 31.3 Å². The molecule has 2 amide bonds. The summed E-state index contributed by atoms with van der Waals surface area (Å²) in [5, 5.41) is 6.39. The van der Waals surface area contributed by atoms with Crippen LogP contribution in [0.1, 0.15) is 34.1 Å². The predicted octanol–water partition coefficient (Wildman–Crippen LogP) is 1.54. The highest BCUT2D eigenvalue weighted by Crippen LogP contribution is 2.13. The number of amides is 2. The molecule has 0 aromatic heterocycles. The number of benzene rings is 1. The maximum atomic E-state index is 12.3. The lowest BCUT2D eigenvalue weighted by atomic mass is 9.95. The van der Waals surface area contributed by atoms with Crippen LogP contribution in [0.25, 0.3) is 0 Å². The Morgan fingerprint density at radius 1 is 1.27 bits per heavy atom. The molecule has 2 unspecified atom stereocenters. The van der Waals surface area contributed by atoms with E-state index in [4.69, 9.17) is 0 Å². The summed E-state index contributed by atoms with van der Waals surface area (Å²) in [5.41, 5.74) is 1.07. The zero-order chi connectivity index (χ0) is 15.4. The molecule has 1 heterocycles. The van der Waals surface area contributed by atoms with Crippen molar-refractivity contribution in [1.82, 2.24) is 15.5 Å². The van der Waals surface area contributed by atoms with E-state index in [1.54, 1.807) is 38.4 Å². The van der Waals surface area contributed by atoms with Gasteiger partial charge in [-0.3, -0.25) is 9.59 Å². The molecule has 5 nitrogen and oxygen atoms in total. The van der Waals surface area contributed by atoms with Crippen LogP contribution in [0.3, 0.4) is 0 Å². The first kappa shape index (κ1) is 18.5. The summed E-state index contributed by atoms with van der Waals surface area (Å²) >= 11 is 0. The Hall–Kier alpha value is -1.59. The third kappa shape index (κ3) is 4.45. The van der Waals surface area contributed by atoms with Gasteiger partial charge in [0.05, 0.1) is 0 Å². The number of nitrogens with one attached hydrogen (secondary N) is 2. The molecule has 122 valence electrons. The molecule has 2 N–H and O–H groups in total. The fraction of sp³-hybridized carbons (Fsp3) is 0.500. The highest BCUT2D eigenvalue weighted by Gasteiger charge is 2.23. The van der Waals surface area contributed by atoms with Crippen molar-refractivity contribution in [3.63, 3.8) is 0 Å². The minimum Gasteiger partial charge on any atom is -0.349 e. The van der Waals surface area contributed by atoms with E-state index in [0.717, 1.165) is 19.5 Å². The number of halogens is 1. The fourth-order valence-corrected chi connectivity index (χ4v) is 2.53. The lowest BCUT2D eigenvalue weighted by Gasteiger charge is -2.30. The monoisotopic (exact) mass is 325 g/mol. The molecule has 22 heavy (non-hydrogen) atoms. The van der Waals surface area contributed by atoms with Crippen molar-refractivity contribution in [2.75, 3.05) is 27.2 Å². The van der Waals surface area contributed by atoms with Gasteiger partial charge in [-0.2, -0.15) is 0 Å². The number of hydrogen-bond donors (Lipinski definition) is 2. The quantitative estimate of drug-likeness (QED) is 0.886. The molecule has 2 rings (SSSR count). The molecule has 6 heteroatoms. The molecule has 1 saturated heterocycles. The van der Waals surface area contributed by atoms with Crippen LogP contribution in [0.4, 0.5) is 0 Å². The third-order valence-corrected chi connectivity index (χ3v) is 3.88. The van der Waals surface area contributed by atoms with Crippen molar-refractivity contribution in [2.24, 2.45) is 5.92 Å². The van der Waals surface area contributed by atoms with E-state index in [1.165, 1.54) is 4.90 Å². The van der Waals surface area contributed by atoms with Crippen molar-refractivity contribution in [3.05, 3.63) is 35.4 Å². The molecule has 1 fully saturated rings. The maximum Gasteiger partial charge on any atom is 0.253 e. The number of rotatable bonds is 3. The van der Waals surface area contributed by atoms with Gasteiger partial charge < -0.3 is 15.5 Å². The number of piperidine rings is 1. The van der Waals surface area contributed by atoms with E-state index in [9.17, 15) is 9.59 Å². The second kappa shape index (κ2) is 8.15. The molecule has 0 aliphatic carbocycles. The standard InChI is InChI=1S/C16H23N3O2.ClH/c1-11-10-17-8-7-14(11)18-15(20)12-5-4-6-13(9-12)16(21)19(2)3;/h4-6,9,11,14,17H,7-8,10H2,1-3H3,(H,18,20);1H. The first-order valence-electron chi connectivity index (χ1n) is 7.32. The van der Waals surface area contributed by atoms with Gasteiger partial charge >= 0.3 is 0 Å². The van der Waals surface area contributed by atoms with Gasteiger partial charge in [0.25, 0.3) is 11.8 Å². The van der Waals surface area contributed by atoms with E-state index >= 15 is 0 Å². The van der Waals surface area contributed by atoms with Crippen molar-refractivity contribution in [2.45, 2.75) is 19.4 Å². The maximum absolute atomic E-state index is 12.3. The molecule has 1 aromatic rings. The normalized spacial score (nSPS) is 20.7. The Morgan fingerprint density at radius 2 is 1.95 bits per heavy atom. The molecule has 0 radical (unpaired) electrons. The molecule has 0 saturated carbocycles. The zero-order valence-corrected chi connectivity index (χ0v) is 14.1. The lowest BCUT2D eigenvalue weighted by Crippen LogP contribution is -2.48. The molecule has 1 aromatic carbocycles. The Morgan fingerprint density at radius 3 is 2.59 bits per heavy atom. The van der Waals surface area contributed by atoms with Crippen LogP contribution in [-0.4, -0.2) is 49.9 Å². The first-order chi connectivity index (χ1) is 9.99. The molecule has 2 atom stereocenters. The first-order valence-corrected chi connectivity index (χ1v) is 7.32. The van der Waals surface area contributed by atoms with Gasteiger partial charge in [-0.25, -0.2) is 0 Å². The average molecular weight is 326 g/mol. The summed E-state index contributed by atoms with van der Waals surface area (Å²) in [6, 6.07) is 7.06. The van der Waals surface area contributed by atoms with Crippen LogP contribution >= 0.6 is 12.4 Å². The highest BCUT2D eigenvalue weighted by molar-refractivity contribution is 5.99. The average Bonchev–Trinajstić information content (AvgIpc) is 2.48. The Balaban J connectivity index is 0.00000242. The van der Waals surface area contributed by atoms with Crippen LogP contribution in [0.5, 0.6) is 0 Å². The van der Waals surface area contributed by atoms with Crippen molar-refractivity contribution in [3.8, 4) is 0 Å². The van der Waals surface area contributed by atoms with Crippen LogP contribution < -0.4 is 10.6 Å². The van der Waals surface area contributed by atoms with Gasteiger partial charge in [-0.1, -0.05) is 13.0 Å². The Bertz CT molecular complexity index is 534. The third-order valence-electron chi connectivity index (χ3n) is 3.88. The molecule has 0 bridgehead atoms. The van der Waals surface area contributed by atoms with E-state index in [2.05, 4.69) is 17.6 Å². The minimum absolute atomic E-state index is 0. The zero-order valence-electron chi connectivity index (χ0n) is 13.3. The van der Waals surface area contributed by atoms with Gasteiger partial charge in [-0.15, -0.1) is 12.4 Å². The van der Waals surface area contributed by atoms with Crippen LogP contribution in [0.2, 0.25) is 0 Å². The van der Waals surface area contributed by atoms with Gasteiger partial charge in [-0.05, 0) is 43.6 Å². The number of nitrogens with zero attached hydrogens (tertiary/aromatic N) is 1. The van der Waals surface area contributed by atoms with Gasteiger partial charge in [0.2, 0.25) is 0 Å². The molecule has 1 aliphatic heterocycles. The predicted molar refractivity (Wildman–Crippen MR) is 89.6 cm³/mol. The molecular formula is C16H24ClN3O2. The van der Waals surface area contributed by atoms with Crippen LogP contribution in [0.15, 0.2) is 24.3 Å². The van der Waals surface area contributed by atoms with E-state index in [1.807, 2.05) is 0 Å². The summed E-state index contributed by atoms with van der Waals surface area (Å²) in [4.78, 5) is 25.8. The Labute approximate surface area is 137 Å². The number of hydrogen-bond acceptors (Lipinski definition) is 3. The summed E-state index contributed by atoms with van der Waals surface area (Å²) < 4.78 is 0. The smallest absolute Gasteiger partial charge is 0.253 e. The highest BCUT2D eigenvalue weighted by atomic mass is 35.5. The van der Waals surface area contributed by atoms with E-state index in [0.29, 0.717) is 17.0 Å². The lowest BCUT2D eigenvalue weighted by molar-refractivity contribution is 0.0827. The van der Waals surface area contributed by atoms with Gasteiger partial charge in [0.15, 0.2) is 0 Å². The summed E-state index contributed by atoms with van der Waals surface area (Å²) in [6.45, 7) is 3.97. The second-order valence-corrected chi connectivity index (χ2v) is 5.83. The molecule has 1 aliphatic rings. The fourth-order valence-electron chi connectivity index (χ4n) is 2.53. The van der Waals surface area contributed by atoms with E-state index < -0.39 is 0 Å². The largest absolute Gasteiger partial charge is 0.349 e. The summed E-state index contributed by atoms with van der Waals surface area (Å²) in [6.07, 6.45) is 0.934. The number of carbonyl (C=O) groups is 2. The molecule has 0 spiro atoms. The van der Waals surface area contributed by atoms with Crippen molar-refractivity contribution in [1.29, 1.82) is 0 Å². The SMILES string of the molecule is CC1CNCCC1NC(=O)c1cccc(C(=O)N(C)C)c1.Cl. The Kier molecular flexibility index (Phi) is 6.84. The van der Waals surface area contributed by atoms with Crippen molar-refractivity contribution >= 4 is 24.2 Å². The number of carbonyl (C=O) groups excluding carboxylic acids is 2. The van der Waals surface area contributed by atoms with Crippen LogP contribution in [-0.2, 0) is 0 Å². The topological polar surface area (TPSA) is 61.4 Å². The van der Waals surface area contributed by atoms with Gasteiger partial charge in [0.1, 0.15) is 0 Å². The van der Waals surface area contributed by atoms with Crippen LogP contribution in [0, 0.1) is 5.92 Å². The summed E-state index contributed by atoms with van der Waals surface area (Å²) in [7, 11) is 3.40. The van der Waals surface area contributed by atoms with E-state index in [-0.39, 0.29) is 30.3 Å². The minimum atomic E-state index is -0.109.